The molecule has 0 atom stereocenters. The molecule has 1 aromatic rings. The van der Waals surface area contributed by atoms with Crippen LogP contribution in [0.1, 0.15) is 43.5 Å². The van der Waals surface area contributed by atoms with Gasteiger partial charge in [0, 0.05) is 13.0 Å². The summed E-state index contributed by atoms with van der Waals surface area (Å²) in [6.07, 6.45) is 1.81. The lowest BCUT2D eigenvalue weighted by molar-refractivity contribution is 0.0922. The van der Waals surface area contributed by atoms with Crippen molar-refractivity contribution >= 4 is 5.91 Å². The van der Waals surface area contributed by atoms with E-state index in [1.165, 1.54) is 0 Å². The Morgan fingerprint density at radius 1 is 1.47 bits per heavy atom. The predicted molar refractivity (Wildman–Crippen MR) is 59.9 cm³/mol. The maximum atomic E-state index is 11.6. The Kier molecular flexibility index (Phi) is 4.40. The Bertz CT molecular complexity index is 315. The Morgan fingerprint density at radius 3 is 2.73 bits per heavy atom. The molecule has 1 rings (SSSR count). The topological polar surface area (TPSA) is 42.2 Å². The van der Waals surface area contributed by atoms with E-state index in [1.54, 1.807) is 6.07 Å². The van der Waals surface area contributed by atoms with Gasteiger partial charge in [0.15, 0.2) is 5.76 Å². The van der Waals surface area contributed by atoms with Crippen LogP contribution in [0.25, 0.3) is 0 Å². The second-order valence-corrected chi connectivity index (χ2v) is 4.06. The van der Waals surface area contributed by atoms with Gasteiger partial charge >= 0.3 is 0 Å². The third-order valence-electron chi connectivity index (χ3n) is 2.24. The van der Waals surface area contributed by atoms with E-state index >= 15 is 0 Å². The fraction of sp³-hybridized carbons (Fsp3) is 0.583. The SMILES string of the molecule is CCc1ccc(C(=O)NCCC(C)C)o1. The van der Waals surface area contributed by atoms with Crippen molar-refractivity contribution in [2.45, 2.75) is 33.6 Å². The molecule has 84 valence electrons. The zero-order valence-corrected chi connectivity index (χ0v) is 9.67. The molecule has 0 bridgehead atoms. The highest BCUT2D eigenvalue weighted by atomic mass is 16.3. The Hall–Kier alpha value is -1.25. The smallest absolute Gasteiger partial charge is 0.286 e. The average molecular weight is 209 g/mol. The van der Waals surface area contributed by atoms with Gasteiger partial charge in [0.1, 0.15) is 5.76 Å². The van der Waals surface area contributed by atoms with Gasteiger partial charge in [-0.3, -0.25) is 4.79 Å². The Morgan fingerprint density at radius 2 is 2.20 bits per heavy atom. The minimum absolute atomic E-state index is 0.115. The number of hydrogen-bond acceptors (Lipinski definition) is 2. The van der Waals surface area contributed by atoms with Gasteiger partial charge in [-0.15, -0.1) is 0 Å². The second-order valence-electron chi connectivity index (χ2n) is 4.06. The zero-order chi connectivity index (χ0) is 11.3. The monoisotopic (exact) mass is 209 g/mol. The summed E-state index contributed by atoms with van der Waals surface area (Å²) in [4.78, 5) is 11.6. The van der Waals surface area contributed by atoms with Crippen LogP contribution in [0.2, 0.25) is 0 Å². The van der Waals surface area contributed by atoms with Crippen molar-refractivity contribution in [3.63, 3.8) is 0 Å². The summed E-state index contributed by atoms with van der Waals surface area (Å²) >= 11 is 0. The molecule has 0 aliphatic carbocycles. The number of amides is 1. The predicted octanol–water partition coefficient (Wildman–Crippen LogP) is 2.62. The highest BCUT2D eigenvalue weighted by molar-refractivity contribution is 5.91. The van der Waals surface area contributed by atoms with E-state index in [0.29, 0.717) is 18.2 Å². The first-order valence-corrected chi connectivity index (χ1v) is 5.50. The summed E-state index contributed by atoms with van der Waals surface area (Å²) in [5.41, 5.74) is 0. The standard InChI is InChI=1S/C12H19NO2/c1-4-10-5-6-11(15-10)12(14)13-8-7-9(2)3/h5-6,9H,4,7-8H2,1-3H3,(H,13,14). The molecule has 0 aromatic carbocycles. The molecule has 0 aliphatic rings. The molecule has 1 amide bonds. The molecule has 0 spiro atoms. The van der Waals surface area contributed by atoms with Gasteiger partial charge in [-0.25, -0.2) is 0 Å². The van der Waals surface area contributed by atoms with Crippen molar-refractivity contribution in [1.29, 1.82) is 0 Å². The summed E-state index contributed by atoms with van der Waals surface area (Å²) in [5.74, 6) is 1.75. The third kappa shape index (κ3) is 3.78. The van der Waals surface area contributed by atoms with Crippen LogP contribution < -0.4 is 5.32 Å². The fourth-order valence-corrected chi connectivity index (χ4v) is 1.25. The lowest BCUT2D eigenvalue weighted by atomic mass is 10.1. The summed E-state index contributed by atoms with van der Waals surface area (Å²) in [7, 11) is 0. The largest absolute Gasteiger partial charge is 0.456 e. The number of hydrogen-bond donors (Lipinski definition) is 1. The van der Waals surface area contributed by atoms with Crippen LogP contribution >= 0.6 is 0 Å². The van der Waals surface area contributed by atoms with Crippen molar-refractivity contribution in [3.8, 4) is 0 Å². The Labute approximate surface area is 90.9 Å². The number of carbonyl (C=O) groups excluding carboxylic acids is 1. The summed E-state index contributed by atoms with van der Waals surface area (Å²) in [6.45, 7) is 6.97. The maximum Gasteiger partial charge on any atom is 0.286 e. The highest BCUT2D eigenvalue weighted by Crippen LogP contribution is 2.08. The molecule has 3 nitrogen and oxygen atoms in total. The first kappa shape index (κ1) is 11.8. The summed E-state index contributed by atoms with van der Waals surface area (Å²) < 4.78 is 5.34. The van der Waals surface area contributed by atoms with E-state index in [2.05, 4.69) is 19.2 Å². The van der Waals surface area contributed by atoms with Gasteiger partial charge in [-0.1, -0.05) is 20.8 Å². The van der Waals surface area contributed by atoms with Crippen molar-refractivity contribution in [1.82, 2.24) is 5.32 Å². The van der Waals surface area contributed by atoms with E-state index in [0.717, 1.165) is 18.6 Å². The molecule has 0 saturated carbocycles. The van der Waals surface area contributed by atoms with Gasteiger partial charge in [0.05, 0.1) is 0 Å². The fourth-order valence-electron chi connectivity index (χ4n) is 1.25. The van der Waals surface area contributed by atoms with Gasteiger partial charge < -0.3 is 9.73 Å². The molecule has 15 heavy (non-hydrogen) atoms. The van der Waals surface area contributed by atoms with E-state index in [4.69, 9.17) is 4.42 Å². The number of aryl methyl sites for hydroxylation is 1. The lowest BCUT2D eigenvalue weighted by Crippen LogP contribution is -2.24. The highest BCUT2D eigenvalue weighted by Gasteiger charge is 2.09. The quantitative estimate of drug-likeness (QED) is 0.810. The Balaban J connectivity index is 2.40. The number of nitrogens with one attached hydrogen (secondary N) is 1. The van der Waals surface area contributed by atoms with Gasteiger partial charge in [-0.05, 0) is 24.5 Å². The van der Waals surface area contributed by atoms with Crippen LogP contribution in [-0.4, -0.2) is 12.5 Å². The third-order valence-corrected chi connectivity index (χ3v) is 2.24. The number of furan rings is 1. The number of carbonyl (C=O) groups is 1. The van der Waals surface area contributed by atoms with Gasteiger partial charge in [0.2, 0.25) is 0 Å². The molecule has 1 heterocycles. The molecule has 3 heteroatoms. The van der Waals surface area contributed by atoms with Crippen LogP contribution in [0.15, 0.2) is 16.5 Å². The van der Waals surface area contributed by atoms with Gasteiger partial charge in [0.25, 0.3) is 5.91 Å². The van der Waals surface area contributed by atoms with Crippen molar-refractivity contribution in [2.75, 3.05) is 6.54 Å². The van der Waals surface area contributed by atoms with Crippen molar-refractivity contribution in [2.24, 2.45) is 5.92 Å². The summed E-state index contributed by atoms with van der Waals surface area (Å²) in [6, 6.07) is 3.57. The molecule has 0 aliphatic heterocycles. The first-order valence-electron chi connectivity index (χ1n) is 5.50. The van der Waals surface area contributed by atoms with Crippen LogP contribution in [0.4, 0.5) is 0 Å². The summed E-state index contributed by atoms with van der Waals surface area (Å²) in [5, 5.41) is 2.84. The molecular formula is C12H19NO2. The maximum absolute atomic E-state index is 11.6. The minimum atomic E-state index is -0.115. The molecule has 0 fully saturated rings. The first-order chi connectivity index (χ1) is 7.13. The van der Waals surface area contributed by atoms with E-state index in [1.807, 2.05) is 13.0 Å². The zero-order valence-electron chi connectivity index (χ0n) is 9.67. The molecule has 0 unspecified atom stereocenters. The van der Waals surface area contributed by atoms with Crippen molar-refractivity contribution < 1.29 is 9.21 Å². The van der Waals surface area contributed by atoms with Crippen LogP contribution in [0.5, 0.6) is 0 Å². The average Bonchev–Trinajstić information content (AvgIpc) is 2.65. The van der Waals surface area contributed by atoms with Gasteiger partial charge in [-0.2, -0.15) is 0 Å². The van der Waals surface area contributed by atoms with E-state index in [9.17, 15) is 4.79 Å². The molecule has 0 saturated heterocycles. The molecule has 1 N–H and O–H groups in total. The lowest BCUT2D eigenvalue weighted by Gasteiger charge is -2.05. The number of rotatable bonds is 5. The molecule has 0 radical (unpaired) electrons. The molecular weight excluding hydrogens is 190 g/mol. The van der Waals surface area contributed by atoms with E-state index < -0.39 is 0 Å². The normalized spacial score (nSPS) is 10.7. The minimum Gasteiger partial charge on any atom is -0.456 e. The molecule has 1 aromatic heterocycles. The second kappa shape index (κ2) is 5.59. The van der Waals surface area contributed by atoms with Crippen LogP contribution in [-0.2, 0) is 6.42 Å². The van der Waals surface area contributed by atoms with E-state index in [-0.39, 0.29) is 5.91 Å². The van der Waals surface area contributed by atoms with Crippen LogP contribution in [0.3, 0.4) is 0 Å². The van der Waals surface area contributed by atoms with Crippen molar-refractivity contribution in [3.05, 3.63) is 23.7 Å². The van der Waals surface area contributed by atoms with Crippen LogP contribution in [0, 0.1) is 5.92 Å².